The highest BCUT2D eigenvalue weighted by Crippen LogP contribution is 2.31. The van der Waals surface area contributed by atoms with Crippen molar-refractivity contribution in [2.24, 2.45) is 5.73 Å². The van der Waals surface area contributed by atoms with Crippen molar-refractivity contribution in [2.75, 3.05) is 13.6 Å². The van der Waals surface area contributed by atoms with Crippen molar-refractivity contribution in [1.82, 2.24) is 4.90 Å². The summed E-state index contributed by atoms with van der Waals surface area (Å²) in [4.78, 5) is 3.61. The Hall–Kier alpha value is 0.1000. The summed E-state index contributed by atoms with van der Waals surface area (Å²) in [6, 6.07) is 4.72. The molecule has 2 unspecified atom stereocenters. The lowest BCUT2D eigenvalue weighted by Gasteiger charge is -2.29. The van der Waals surface area contributed by atoms with Crippen LogP contribution in [-0.4, -0.2) is 24.5 Å². The molecule has 0 spiro atoms. The minimum Gasteiger partial charge on any atom is -0.326 e. The molecule has 0 saturated heterocycles. The number of halogens is 1. The van der Waals surface area contributed by atoms with E-state index in [1.165, 1.54) is 8.66 Å². The van der Waals surface area contributed by atoms with Gasteiger partial charge >= 0.3 is 0 Å². The van der Waals surface area contributed by atoms with Gasteiger partial charge in [-0.2, -0.15) is 0 Å². The summed E-state index contributed by atoms with van der Waals surface area (Å²) in [6.45, 7) is 5.23. The smallest absolute Gasteiger partial charge is 0.0702 e. The minimum atomic E-state index is 0.158. The SMILES string of the molecule is CCN(C)C(c1ccc(Br)s1)C(C)N. The highest BCUT2D eigenvalue weighted by atomic mass is 79.9. The molecule has 0 radical (unpaired) electrons. The van der Waals surface area contributed by atoms with Gasteiger partial charge in [-0.15, -0.1) is 11.3 Å². The Morgan fingerprint density at radius 1 is 1.57 bits per heavy atom. The molecule has 0 fully saturated rings. The highest BCUT2D eigenvalue weighted by molar-refractivity contribution is 9.11. The Morgan fingerprint density at radius 2 is 2.21 bits per heavy atom. The number of thiophene rings is 1. The van der Waals surface area contributed by atoms with Gasteiger partial charge in [0.2, 0.25) is 0 Å². The second kappa shape index (κ2) is 5.26. The average molecular weight is 277 g/mol. The van der Waals surface area contributed by atoms with Crippen LogP contribution in [0.2, 0.25) is 0 Å². The lowest BCUT2D eigenvalue weighted by molar-refractivity contribution is 0.233. The van der Waals surface area contributed by atoms with Crippen LogP contribution >= 0.6 is 27.3 Å². The largest absolute Gasteiger partial charge is 0.326 e. The van der Waals surface area contributed by atoms with Crippen molar-refractivity contribution in [3.05, 3.63) is 20.8 Å². The van der Waals surface area contributed by atoms with Gasteiger partial charge in [0.25, 0.3) is 0 Å². The maximum atomic E-state index is 6.00. The number of likely N-dealkylation sites (N-methyl/N-ethyl adjacent to an activating group) is 1. The van der Waals surface area contributed by atoms with Gasteiger partial charge in [-0.05, 0) is 48.6 Å². The Balaban J connectivity index is 2.88. The third-order valence-corrected chi connectivity index (χ3v) is 4.05. The fraction of sp³-hybridized carbons (Fsp3) is 0.600. The zero-order valence-electron chi connectivity index (χ0n) is 8.83. The van der Waals surface area contributed by atoms with E-state index in [1.807, 2.05) is 0 Å². The van der Waals surface area contributed by atoms with Crippen LogP contribution < -0.4 is 5.73 Å². The summed E-state index contributed by atoms with van der Waals surface area (Å²) in [6.07, 6.45) is 0. The molecule has 0 bridgehead atoms. The first-order valence-electron chi connectivity index (χ1n) is 4.77. The number of hydrogen-bond donors (Lipinski definition) is 1. The Bertz CT molecular complexity index is 285. The van der Waals surface area contributed by atoms with Gasteiger partial charge in [0.05, 0.1) is 9.83 Å². The van der Waals surface area contributed by atoms with Gasteiger partial charge in [-0.1, -0.05) is 6.92 Å². The second-order valence-corrected chi connectivity index (χ2v) is 6.01. The Morgan fingerprint density at radius 3 is 2.57 bits per heavy atom. The quantitative estimate of drug-likeness (QED) is 0.917. The molecule has 0 amide bonds. The number of nitrogens with two attached hydrogens (primary N) is 1. The molecule has 1 heterocycles. The van der Waals surface area contributed by atoms with Crippen LogP contribution in [0.15, 0.2) is 15.9 Å². The van der Waals surface area contributed by atoms with Crippen molar-refractivity contribution < 1.29 is 0 Å². The Labute approximate surface area is 98.2 Å². The fourth-order valence-corrected chi connectivity index (χ4v) is 3.27. The summed E-state index contributed by atoms with van der Waals surface area (Å²) in [5.74, 6) is 0. The van der Waals surface area contributed by atoms with E-state index in [1.54, 1.807) is 11.3 Å². The zero-order chi connectivity index (χ0) is 10.7. The molecule has 14 heavy (non-hydrogen) atoms. The first-order chi connectivity index (χ1) is 6.56. The van der Waals surface area contributed by atoms with E-state index in [4.69, 9.17) is 5.73 Å². The van der Waals surface area contributed by atoms with Crippen LogP contribution in [0.4, 0.5) is 0 Å². The molecular weight excluding hydrogens is 260 g/mol. The number of rotatable bonds is 4. The standard InChI is InChI=1S/C10H17BrN2S/c1-4-13(3)10(7(2)12)8-5-6-9(11)14-8/h5-7,10H,4,12H2,1-3H3. The predicted octanol–water partition coefficient (Wildman–Crippen LogP) is 2.85. The topological polar surface area (TPSA) is 29.3 Å². The van der Waals surface area contributed by atoms with E-state index in [9.17, 15) is 0 Å². The van der Waals surface area contributed by atoms with Gasteiger partial charge in [0.1, 0.15) is 0 Å². The number of hydrogen-bond acceptors (Lipinski definition) is 3. The average Bonchev–Trinajstić information content (AvgIpc) is 2.51. The summed E-state index contributed by atoms with van der Waals surface area (Å²) in [5.41, 5.74) is 6.00. The van der Waals surface area contributed by atoms with Gasteiger partial charge < -0.3 is 5.73 Å². The summed E-state index contributed by atoms with van der Waals surface area (Å²) >= 11 is 5.24. The van der Waals surface area contributed by atoms with E-state index in [2.05, 4.69) is 53.9 Å². The maximum Gasteiger partial charge on any atom is 0.0702 e. The van der Waals surface area contributed by atoms with Crippen molar-refractivity contribution >= 4 is 27.3 Å². The van der Waals surface area contributed by atoms with Crippen LogP contribution in [0.3, 0.4) is 0 Å². The van der Waals surface area contributed by atoms with Gasteiger partial charge in [-0.25, -0.2) is 0 Å². The van der Waals surface area contributed by atoms with E-state index in [0.29, 0.717) is 6.04 Å². The van der Waals surface area contributed by atoms with Crippen molar-refractivity contribution in [3.63, 3.8) is 0 Å². The summed E-state index contributed by atoms with van der Waals surface area (Å²) < 4.78 is 1.17. The van der Waals surface area contributed by atoms with Crippen LogP contribution in [0.5, 0.6) is 0 Å². The molecular formula is C10H17BrN2S. The first kappa shape index (κ1) is 12.2. The van der Waals surface area contributed by atoms with E-state index < -0.39 is 0 Å². The van der Waals surface area contributed by atoms with Crippen LogP contribution in [0.1, 0.15) is 24.8 Å². The van der Waals surface area contributed by atoms with E-state index in [0.717, 1.165) is 6.54 Å². The zero-order valence-corrected chi connectivity index (χ0v) is 11.2. The first-order valence-corrected chi connectivity index (χ1v) is 6.38. The molecule has 2 nitrogen and oxygen atoms in total. The molecule has 4 heteroatoms. The molecule has 1 rings (SSSR count). The fourth-order valence-electron chi connectivity index (χ4n) is 1.56. The lowest BCUT2D eigenvalue weighted by Crippen LogP contribution is -2.36. The summed E-state index contributed by atoms with van der Waals surface area (Å²) in [7, 11) is 2.11. The molecule has 80 valence electrons. The number of nitrogens with zero attached hydrogens (tertiary/aromatic N) is 1. The third kappa shape index (κ3) is 2.79. The predicted molar refractivity (Wildman–Crippen MR) is 66.7 cm³/mol. The second-order valence-electron chi connectivity index (χ2n) is 3.52. The third-order valence-electron chi connectivity index (χ3n) is 2.36. The van der Waals surface area contributed by atoms with Crippen molar-refractivity contribution in [3.8, 4) is 0 Å². The molecule has 0 saturated carbocycles. The molecule has 2 N–H and O–H groups in total. The minimum absolute atomic E-state index is 0.158. The molecule has 0 aliphatic carbocycles. The van der Waals surface area contributed by atoms with E-state index in [-0.39, 0.29) is 6.04 Å². The highest BCUT2D eigenvalue weighted by Gasteiger charge is 2.21. The Kier molecular flexibility index (Phi) is 4.57. The summed E-state index contributed by atoms with van der Waals surface area (Å²) in [5, 5.41) is 0. The molecule has 2 atom stereocenters. The van der Waals surface area contributed by atoms with Gasteiger partial charge in [0.15, 0.2) is 0 Å². The lowest BCUT2D eigenvalue weighted by atomic mass is 10.1. The van der Waals surface area contributed by atoms with Crippen molar-refractivity contribution in [2.45, 2.75) is 25.9 Å². The van der Waals surface area contributed by atoms with Gasteiger partial charge in [-0.3, -0.25) is 4.90 Å². The van der Waals surface area contributed by atoms with Gasteiger partial charge in [0, 0.05) is 10.9 Å². The normalized spacial score (nSPS) is 15.9. The molecule has 1 aromatic heterocycles. The molecule has 0 aliphatic heterocycles. The maximum absolute atomic E-state index is 6.00. The van der Waals surface area contributed by atoms with E-state index >= 15 is 0 Å². The van der Waals surface area contributed by atoms with Crippen LogP contribution in [-0.2, 0) is 0 Å². The monoisotopic (exact) mass is 276 g/mol. The molecule has 1 aromatic rings. The van der Waals surface area contributed by atoms with Crippen molar-refractivity contribution in [1.29, 1.82) is 0 Å². The molecule has 0 aliphatic rings. The van der Waals surface area contributed by atoms with Crippen LogP contribution in [0, 0.1) is 0 Å². The van der Waals surface area contributed by atoms with Crippen LogP contribution in [0.25, 0.3) is 0 Å². The molecule has 0 aromatic carbocycles.